The second-order valence-corrected chi connectivity index (χ2v) is 0.204. The molecule has 0 unspecified atom stereocenters. The van der Waals surface area contributed by atoms with Crippen LogP contribution in [0.3, 0.4) is 0 Å². The maximum absolute atomic E-state index is 8.35. The van der Waals surface area contributed by atoms with E-state index >= 15 is 0 Å². The van der Waals surface area contributed by atoms with E-state index in [0.717, 1.165) is 12.2 Å². The lowest BCUT2D eigenvalue weighted by molar-refractivity contribution is 0.562. The SMILES string of the molecule is C=C.C=C.N=C=O.N=C=O.[SiH4]. The van der Waals surface area contributed by atoms with E-state index in [1.807, 2.05) is 0 Å². The Morgan fingerprint density at radius 1 is 0.818 bits per heavy atom. The zero-order valence-corrected chi connectivity index (χ0v) is 5.64. The highest BCUT2D eigenvalue weighted by Gasteiger charge is 1.04. The Kier molecular flexibility index (Phi) is 6970. The summed E-state index contributed by atoms with van der Waals surface area (Å²) in [5, 5.41) is 10.8. The van der Waals surface area contributed by atoms with Crippen molar-refractivity contribution in [3.8, 4) is 0 Å². The molecule has 64 valence electrons. The summed E-state index contributed by atoms with van der Waals surface area (Å²) in [7, 11) is 0. The Morgan fingerprint density at radius 2 is 0.818 bits per heavy atom. The summed E-state index contributed by atoms with van der Waals surface area (Å²) < 4.78 is 0. The van der Waals surface area contributed by atoms with Gasteiger partial charge in [0, 0.05) is 0 Å². The highest BCUT2D eigenvalue weighted by Crippen LogP contribution is 0.873. The van der Waals surface area contributed by atoms with Crippen LogP contribution in [0.5, 0.6) is 0 Å². The van der Waals surface area contributed by atoms with Crippen molar-refractivity contribution in [2.24, 2.45) is 0 Å². The molecule has 5 heteroatoms. The molecule has 0 heterocycles. The molecule has 0 radical (unpaired) electrons. The lowest BCUT2D eigenvalue weighted by Gasteiger charge is -1.02. The summed E-state index contributed by atoms with van der Waals surface area (Å²) in [4.78, 5) is 16.7. The minimum absolute atomic E-state index is 0. The lowest BCUT2D eigenvalue weighted by atomic mass is 11.3. The smallest absolute Gasteiger partial charge is 0.222 e. The summed E-state index contributed by atoms with van der Waals surface area (Å²) in [5.74, 6) is 0. The van der Waals surface area contributed by atoms with Gasteiger partial charge in [-0.1, -0.05) is 0 Å². The third-order valence-corrected chi connectivity index (χ3v) is 0. The lowest BCUT2D eigenvalue weighted by Crippen LogP contribution is -1.16. The molecule has 0 fully saturated rings. The normalized spacial score (nSPS) is 2.18. The van der Waals surface area contributed by atoms with Crippen molar-refractivity contribution >= 4 is 23.1 Å². The molecule has 0 atom stereocenters. The van der Waals surface area contributed by atoms with E-state index in [9.17, 15) is 0 Å². The molecule has 0 aromatic heterocycles. The first kappa shape index (κ1) is 34.0. The van der Waals surface area contributed by atoms with E-state index in [1.54, 1.807) is 0 Å². The van der Waals surface area contributed by atoms with Crippen molar-refractivity contribution < 1.29 is 9.59 Å². The van der Waals surface area contributed by atoms with E-state index in [-0.39, 0.29) is 11.0 Å². The third-order valence-electron chi connectivity index (χ3n) is 0. The minimum Gasteiger partial charge on any atom is -0.222 e. The van der Waals surface area contributed by atoms with E-state index < -0.39 is 0 Å². The number of isocyanates is 2. The molecule has 0 aliphatic rings. The topological polar surface area (TPSA) is 81.8 Å². The van der Waals surface area contributed by atoms with Crippen LogP contribution in [-0.4, -0.2) is 23.1 Å². The molecule has 0 saturated heterocycles. The van der Waals surface area contributed by atoms with Crippen molar-refractivity contribution in [2.45, 2.75) is 0 Å². The van der Waals surface area contributed by atoms with Gasteiger partial charge in [-0.15, -0.1) is 26.3 Å². The highest BCUT2D eigenvalue weighted by atomic mass is 28.1. The van der Waals surface area contributed by atoms with Crippen LogP contribution in [0.15, 0.2) is 26.3 Å². The number of carbonyl (C=O) groups excluding carboxylic acids is 2. The van der Waals surface area contributed by atoms with Crippen LogP contribution in [0.4, 0.5) is 0 Å². The van der Waals surface area contributed by atoms with Gasteiger partial charge in [-0.2, -0.15) is 0 Å². The fourth-order valence-corrected chi connectivity index (χ4v) is 0. The maximum atomic E-state index is 8.35. The van der Waals surface area contributed by atoms with Gasteiger partial charge in [0.25, 0.3) is 0 Å². The number of hydrogen-bond acceptors (Lipinski definition) is 4. The van der Waals surface area contributed by atoms with Gasteiger partial charge < -0.3 is 0 Å². The largest absolute Gasteiger partial charge is 0.231 e. The van der Waals surface area contributed by atoms with Crippen LogP contribution < -0.4 is 0 Å². The number of hydrogen-bond donors (Lipinski definition) is 2. The Hall–Kier alpha value is -1.54. The molecule has 0 aliphatic heterocycles. The van der Waals surface area contributed by atoms with Crippen LogP contribution in [0.2, 0.25) is 0 Å². The predicted octanol–water partition coefficient (Wildman–Crippen LogP) is -0.0453. The summed E-state index contributed by atoms with van der Waals surface area (Å²) in [5.41, 5.74) is 0. The minimum atomic E-state index is 0. The van der Waals surface area contributed by atoms with Gasteiger partial charge in [0.2, 0.25) is 12.2 Å². The van der Waals surface area contributed by atoms with Gasteiger partial charge in [0.05, 0.1) is 0 Å². The second kappa shape index (κ2) is 2250. The summed E-state index contributed by atoms with van der Waals surface area (Å²) in [6.45, 7) is 12.0. The molecule has 11 heavy (non-hydrogen) atoms. The van der Waals surface area contributed by atoms with Crippen molar-refractivity contribution in [1.29, 1.82) is 10.8 Å². The fraction of sp³-hybridized carbons (Fsp3) is 0. The van der Waals surface area contributed by atoms with Crippen LogP contribution in [0.25, 0.3) is 0 Å². The van der Waals surface area contributed by atoms with Crippen molar-refractivity contribution in [3.63, 3.8) is 0 Å². The van der Waals surface area contributed by atoms with Gasteiger partial charge in [-0.05, 0) is 11.0 Å². The molecule has 0 saturated carbocycles. The zero-order chi connectivity index (χ0) is 9.41. The molecule has 4 nitrogen and oxygen atoms in total. The molecule has 0 spiro atoms. The Bertz CT molecular complexity index is 91.1. The molecular weight excluding hydrogens is 160 g/mol. The Labute approximate surface area is 70.7 Å². The Balaban J connectivity index is -0.0000000144. The first-order valence-electron chi connectivity index (χ1n) is 1.91. The first-order chi connectivity index (χ1) is 4.83. The van der Waals surface area contributed by atoms with E-state index in [4.69, 9.17) is 20.4 Å². The monoisotopic (exact) mass is 174 g/mol. The molecule has 2 N–H and O–H groups in total. The summed E-state index contributed by atoms with van der Waals surface area (Å²) in [6, 6.07) is 0. The van der Waals surface area contributed by atoms with Gasteiger partial charge in [-0.3, -0.25) is 0 Å². The molecule has 0 aromatic rings. The van der Waals surface area contributed by atoms with Crippen LogP contribution in [-0.2, 0) is 9.59 Å². The standard InChI is InChI=1S/2C2H4.2CHNO.H4Si/c2*1-2;2*2-1-3;/h2*1-2H2;2*2H;1H4. The Morgan fingerprint density at radius 3 is 0.818 bits per heavy atom. The first-order valence-corrected chi connectivity index (χ1v) is 1.91. The van der Waals surface area contributed by atoms with E-state index in [0.29, 0.717) is 0 Å². The number of rotatable bonds is 0. The molecule has 0 bridgehead atoms. The summed E-state index contributed by atoms with van der Waals surface area (Å²) in [6.07, 6.45) is 1.50. The molecule has 0 rings (SSSR count). The molecular formula is C6H14N2O2Si. The van der Waals surface area contributed by atoms with Gasteiger partial charge in [-0.25, -0.2) is 20.4 Å². The molecule has 0 amide bonds. The van der Waals surface area contributed by atoms with Crippen molar-refractivity contribution in [2.75, 3.05) is 0 Å². The predicted molar refractivity (Wildman–Crippen MR) is 50.7 cm³/mol. The summed E-state index contributed by atoms with van der Waals surface area (Å²) >= 11 is 0. The highest BCUT2D eigenvalue weighted by molar-refractivity contribution is 5.75. The van der Waals surface area contributed by atoms with Gasteiger partial charge in [0.15, 0.2) is 0 Å². The third kappa shape index (κ3) is 148. The van der Waals surface area contributed by atoms with Crippen LogP contribution in [0.1, 0.15) is 0 Å². The van der Waals surface area contributed by atoms with Gasteiger partial charge >= 0.3 is 0 Å². The van der Waals surface area contributed by atoms with Crippen molar-refractivity contribution in [3.05, 3.63) is 26.3 Å². The van der Waals surface area contributed by atoms with Gasteiger partial charge in [0.1, 0.15) is 0 Å². The average Bonchev–Trinajstić information content (AvgIpc) is 1.99. The fourth-order valence-electron chi connectivity index (χ4n) is 0. The number of nitrogens with one attached hydrogen (secondary N) is 2. The van der Waals surface area contributed by atoms with Crippen LogP contribution >= 0.6 is 0 Å². The molecule has 0 aliphatic carbocycles. The second-order valence-electron chi connectivity index (χ2n) is 0.204. The quantitative estimate of drug-likeness (QED) is 0.234. The molecule has 0 aromatic carbocycles. The maximum Gasteiger partial charge on any atom is 0.231 e. The van der Waals surface area contributed by atoms with E-state index in [2.05, 4.69) is 26.3 Å². The van der Waals surface area contributed by atoms with Crippen molar-refractivity contribution in [1.82, 2.24) is 0 Å². The van der Waals surface area contributed by atoms with Crippen LogP contribution in [0, 0.1) is 10.8 Å². The van der Waals surface area contributed by atoms with E-state index in [1.165, 1.54) is 0 Å². The zero-order valence-electron chi connectivity index (χ0n) is 5.64. The average molecular weight is 174 g/mol.